The summed E-state index contributed by atoms with van der Waals surface area (Å²) in [6, 6.07) is 0. The summed E-state index contributed by atoms with van der Waals surface area (Å²) in [6.07, 6.45) is 11.6. The lowest BCUT2D eigenvalue weighted by Gasteiger charge is -2.30. The minimum absolute atomic E-state index is 0.0929. The minimum atomic E-state index is -0.681. The number of carbonyl (C=O) groups is 1. The summed E-state index contributed by atoms with van der Waals surface area (Å²) in [5.74, 6) is -0.205. The number of rotatable bonds is 13. The van der Waals surface area contributed by atoms with Crippen molar-refractivity contribution in [2.45, 2.75) is 83.8 Å². The van der Waals surface area contributed by atoms with Gasteiger partial charge >= 0.3 is 5.97 Å². The second-order valence-corrected chi connectivity index (χ2v) is 6.10. The second-order valence-electron chi connectivity index (χ2n) is 6.10. The lowest BCUT2D eigenvalue weighted by molar-refractivity contribution is -0.315. The molecule has 0 aromatic carbocycles. The fourth-order valence-electron chi connectivity index (χ4n) is 2.94. The van der Waals surface area contributed by atoms with E-state index in [1.807, 2.05) is 0 Å². The van der Waals surface area contributed by atoms with Crippen molar-refractivity contribution in [3.8, 4) is 0 Å². The van der Waals surface area contributed by atoms with Gasteiger partial charge in [0, 0.05) is 12.3 Å². The Bertz CT molecular complexity index is 276. The third-order valence-electron chi connectivity index (χ3n) is 4.14. The third-order valence-corrected chi connectivity index (χ3v) is 4.14. The number of hydrogen-bond donors (Lipinski definition) is 1. The summed E-state index contributed by atoms with van der Waals surface area (Å²) in [5, 5.41) is 8.56. The van der Waals surface area contributed by atoms with Gasteiger partial charge in [0.1, 0.15) is 0 Å². The normalized spacial score (nSPS) is 17.5. The molecule has 1 saturated heterocycles. The third kappa shape index (κ3) is 9.38. The number of hydrogen-bond acceptors (Lipinski definition) is 4. The molecule has 1 fully saturated rings. The van der Waals surface area contributed by atoms with Gasteiger partial charge < -0.3 is 19.3 Å². The summed E-state index contributed by atoms with van der Waals surface area (Å²) in [6.45, 7) is 2.89. The average Bonchev–Trinajstić information content (AvgIpc) is 2.52. The van der Waals surface area contributed by atoms with Crippen LogP contribution >= 0.6 is 0 Å². The van der Waals surface area contributed by atoms with Crippen LogP contribution in [0.15, 0.2) is 0 Å². The van der Waals surface area contributed by atoms with Crippen molar-refractivity contribution >= 4 is 5.97 Å². The van der Waals surface area contributed by atoms with Crippen LogP contribution in [0.5, 0.6) is 0 Å². The molecule has 1 N–H and O–H groups in total. The zero-order chi connectivity index (χ0) is 16.0. The number of carboxylic acid groups (broad SMARTS) is 1. The Balaban J connectivity index is 1.99. The zero-order valence-corrected chi connectivity index (χ0v) is 13.9. The van der Waals surface area contributed by atoms with Crippen molar-refractivity contribution in [1.29, 1.82) is 0 Å². The number of unbranched alkanes of at least 4 members (excludes halogenated alkanes) is 6. The van der Waals surface area contributed by atoms with Crippen LogP contribution in [-0.2, 0) is 19.0 Å². The summed E-state index contributed by atoms with van der Waals surface area (Å²) in [5.41, 5.74) is 0. The van der Waals surface area contributed by atoms with Crippen LogP contribution in [-0.4, -0.2) is 31.0 Å². The average molecular weight is 316 g/mol. The first kappa shape index (κ1) is 19.4. The first-order valence-electron chi connectivity index (χ1n) is 8.76. The van der Waals surface area contributed by atoms with Gasteiger partial charge in [0.05, 0.1) is 0 Å². The Morgan fingerprint density at radius 2 is 1.59 bits per heavy atom. The molecule has 1 unspecified atom stereocenters. The lowest BCUT2D eigenvalue weighted by atomic mass is 9.95. The van der Waals surface area contributed by atoms with Gasteiger partial charge in [-0.1, -0.05) is 51.9 Å². The molecule has 1 aliphatic rings. The molecule has 5 heteroatoms. The smallest absolute Gasteiger partial charge is 0.303 e. The van der Waals surface area contributed by atoms with Gasteiger partial charge in [-0.05, 0) is 19.3 Å². The minimum Gasteiger partial charge on any atom is -0.481 e. The van der Waals surface area contributed by atoms with Gasteiger partial charge in [0.2, 0.25) is 0 Å². The molecule has 5 nitrogen and oxygen atoms in total. The highest BCUT2D eigenvalue weighted by molar-refractivity contribution is 5.66. The molecule has 1 heterocycles. The van der Waals surface area contributed by atoms with Gasteiger partial charge in [-0.25, -0.2) is 0 Å². The fraction of sp³-hybridized carbons (Fsp3) is 0.941. The number of carboxylic acids is 1. The fourth-order valence-corrected chi connectivity index (χ4v) is 2.94. The van der Waals surface area contributed by atoms with Crippen LogP contribution < -0.4 is 0 Å². The quantitative estimate of drug-likeness (QED) is 0.513. The molecule has 0 spiro atoms. The maximum Gasteiger partial charge on any atom is 0.303 e. The van der Waals surface area contributed by atoms with E-state index in [1.165, 1.54) is 25.7 Å². The molecular formula is C17H32O5. The monoisotopic (exact) mass is 316 g/mol. The highest BCUT2D eigenvalue weighted by Crippen LogP contribution is 2.24. The number of ether oxygens (including phenoxy) is 3. The molecule has 0 aliphatic carbocycles. The summed E-state index contributed by atoms with van der Waals surface area (Å²) >= 11 is 0. The largest absolute Gasteiger partial charge is 0.481 e. The van der Waals surface area contributed by atoms with Crippen molar-refractivity contribution < 1.29 is 24.1 Å². The number of aliphatic carboxylic acids is 1. The van der Waals surface area contributed by atoms with Crippen LogP contribution in [0.3, 0.4) is 0 Å². The van der Waals surface area contributed by atoms with Crippen LogP contribution in [0, 0.1) is 5.92 Å². The Morgan fingerprint density at radius 1 is 1.00 bits per heavy atom. The van der Waals surface area contributed by atoms with E-state index in [1.54, 1.807) is 0 Å². The SMILES string of the molecule is CCCC(CCCCCCCCCC(=O)O)C1OCOCO1. The Kier molecular flexibility index (Phi) is 11.3. The van der Waals surface area contributed by atoms with E-state index in [4.69, 9.17) is 19.3 Å². The molecule has 1 atom stereocenters. The standard InChI is InChI=1S/C17H32O5/c1-2-10-15(17-21-13-20-14-22-17)11-8-6-4-3-5-7-9-12-16(18)19/h15,17H,2-14H2,1H3,(H,18,19). The summed E-state index contributed by atoms with van der Waals surface area (Å²) < 4.78 is 16.1. The summed E-state index contributed by atoms with van der Waals surface area (Å²) in [4.78, 5) is 10.4. The van der Waals surface area contributed by atoms with Crippen molar-refractivity contribution in [2.75, 3.05) is 13.6 Å². The van der Waals surface area contributed by atoms with Crippen LogP contribution in [0.25, 0.3) is 0 Å². The molecule has 0 saturated carbocycles. The van der Waals surface area contributed by atoms with Gasteiger partial charge in [0.25, 0.3) is 0 Å². The van der Waals surface area contributed by atoms with Gasteiger partial charge in [-0.2, -0.15) is 0 Å². The Labute approximate surface area is 134 Å². The molecular weight excluding hydrogens is 284 g/mol. The molecule has 0 amide bonds. The van der Waals surface area contributed by atoms with Crippen LogP contribution in [0.4, 0.5) is 0 Å². The first-order chi connectivity index (χ1) is 10.7. The Morgan fingerprint density at radius 3 is 2.18 bits per heavy atom. The summed E-state index contributed by atoms with van der Waals surface area (Å²) in [7, 11) is 0. The maximum atomic E-state index is 10.4. The first-order valence-corrected chi connectivity index (χ1v) is 8.76. The van der Waals surface area contributed by atoms with E-state index in [9.17, 15) is 4.79 Å². The van der Waals surface area contributed by atoms with Gasteiger partial charge in [0.15, 0.2) is 19.9 Å². The predicted molar refractivity (Wildman–Crippen MR) is 84.4 cm³/mol. The zero-order valence-electron chi connectivity index (χ0n) is 13.9. The van der Waals surface area contributed by atoms with Crippen molar-refractivity contribution in [3.05, 3.63) is 0 Å². The van der Waals surface area contributed by atoms with Crippen LogP contribution in [0.1, 0.15) is 77.6 Å². The van der Waals surface area contributed by atoms with Gasteiger partial charge in [-0.3, -0.25) is 4.79 Å². The molecule has 1 rings (SSSR count). The molecule has 0 aromatic rings. The van der Waals surface area contributed by atoms with Crippen molar-refractivity contribution in [1.82, 2.24) is 0 Å². The van der Waals surface area contributed by atoms with E-state index in [0.29, 0.717) is 25.9 Å². The van der Waals surface area contributed by atoms with Crippen LogP contribution in [0.2, 0.25) is 0 Å². The van der Waals surface area contributed by atoms with Crippen molar-refractivity contribution in [2.24, 2.45) is 5.92 Å². The van der Waals surface area contributed by atoms with E-state index in [2.05, 4.69) is 6.92 Å². The molecule has 22 heavy (non-hydrogen) atoms. The maximum absolute atomic E-state index is 10.4. The van der Waals surface area contributed by atoms with E-state index < -0.39 is 5.97 Å². The van der Waals surface area contributed by atoms with Gasteiger partial charge in [-0.15, -0.1) is 0 Å². The topological polar surface area (TPSA) is 65.0 Å². The van der Waals surface area contributed by atoms with E-state index >= 15 is 0 Å². The highest BCUT2D eigenvalue weighted by atomic mass is 16.8. The second kappa shape index (κ2) is 12.9. The molecule has 0 radical (unpaired) electrons. The molecule has 130 valence electrons. The van der Waals surface area contributed by atoms with E-state index in [-0.39, 0.29) is 6.29 Å². The predicted octanol–water partition coefficient (Wildman–Crippen LogP) is 4.30. The molecule has 0 aromatic heterocycles. The molecule has 1 aliphatic heterocycles. The molecule has 0 bridgehead atoms. The van der Waals surface area contributed by atoms with Crippen molar-refractivity contribution in [3.63, 3.8) is 0 Å². The lowest BCUT2D eigenvalue weighted by Crippen LogP contribution is -2.33. The Hall–Kier alpha value is -0.650. The highest BCUT2D eigenvalue weighted by Gasteiger charge is 2.24. The van der Waals surface area contributed by atoms with E-state index in [0.717, 1.165) is 38.5 Å².